The molecule has 2 N–H and O–H groups in total. The van der Waals surface area contributed by atoms with Gasteiger partial charge in [0.15, 0.2) is 0 Å². The van der Waals surface area contributed by atoms with Crippen molar-refractivity contribution < 1.29 is 14.7 Å². The van der Waals surface area contributed by atoms with Crippen LogP contribution in [-0.2, 0) is 6.54 Å². The number of phenols is 1. The van der Waals surface area contributed by atoms with Crippen LogP contribution in [0.25, 0.3) is 10.8 Å². The molecule has 4 aromatic rings. The van der Waals surface area contributed by atoms with E-state index in [9.17, 15) is 14.7 Å². The van der Waals surface area contributed by atoms with Gasteiger partial charge in [0, 0.05) is 26.5 Å². The van der Waals surface area contributed by atoms with Crippen LogP contribution in [0, 0.1) is 0 Å². The molecule has 0 aliphatic carbocycles. The Balaban J connectivity index is 1.28. The Hall–Kier alpha value is -3.97. The molecular weight excluding hydrogens is 482 g/mol. The first-order valence-electron chi connectivity index (χ1n) is 10.3. The number of carbonyl (C=O) groups excluding carboxylic acids is 2. The topological polar surface area (TPSA) is 82.0 Å². The van der Waals surface area contributed by atoms with Crippen LogP contribution >= 0.6 is 15.9 Å². The van der Waals surface area contributed by atoms with Crippen LogP contribution in [-0.4, -0.2) is 23.1 Å². The molecule has 0 saturated carbocycles. The summed E-state index contributed by atoms with van der Waals surface area (Å²) in [5.41, 5.74) is 5.90. The monoisotopic (exact) mass is 499 g/mol. The molecule has 7 heteroatoms. The van der Waals surface area contributed by atoms with Crippen LogP contribution in [0.15, 0.2) is 88.4 Å². The first-order valence-corrected chi connectivity index (χ1v) is 11.0. The van der Waals surface area contributed by atoms with Gasteiger partial charge in [-0.25, -0.2) is 5.43 Å². The van der Waals surface area contributed by atoms with Gasteiger partial charge in [-0.15, -0.1) is 0 Å². The molecule has 0 unspecified atom stereocenters. The van der Waals surface area contributed by atoms with Crippen molar-refractivity contribution >= 4 is 50.4 Å². The van der Waals surface area contributed by atoms with Crippen LogP contribution in [0.2, 0.25) is 0 Å². The van der Waals surface area contributed by atoms with Crippen molar-refractivity contribution in [1.29, 1.82) is 0 Å². The number of hydrogen-bond acceptors (Lipinski definition) is 4. The molecule has 0 spiro atoms. The van der Waals surface area contributed by atoms with Crippen molar-refractivity contribution in [2.75, 3.05) is 4.90 Å². The fourth-order valence-electron chi connectivity index (χ4n) is 3.93. The predicted octanol–water partition coefficient (Wildman–Crippen LogP) is 5.23. The lowest BCUT2D eigenvalue weighted by Gasteiger charge is -2.18. The summed E-state index contributed by atoms with van der Waals surface area (Å²) in [6.07, 6.45) is 1.38. The largest absolute Gasteiger partial charge is 0.507 e. The van der Waals surface area contributed by atoms with E-state index in [2.05, 4.69) is 26.5 Å². The minimum Gasteiger partial charge on any atom is -0.507 e. The molecule has 162 valence electrons. The number of carbonyl (C=O) groups is 2. The van der Waals surface area contributed by atoms with E-state index in [1.54, 1.807) is 29.2 Å². The van der Waals surface area contributed by atoms with Gasteiger partial charge in [0.2, 0.25) is 0 Å². The number of hydrazone groups is 1. The van der Waals surface area contributed by atoms with Gasteiger partial charge in [0.25, 0.3) is 11.8 Å². The zero-order valence-electron chi connectivity index (χ0n) is 17.3. The minimum atomic E-state index is -0.373. The van der Waals surface area contributed by atoms with Gasteiger partial charge in [-0.3, -0.25) is 9.59 Å². The van der Waals surface area contributed by atoms with Crippen LogP contribution in [0.1, 0.15) is 31.8 Å². The summed E-state index contributed by atoms with van der Waals surface area (Å²) >= 11 is 3.33. The highest BCUT2D eigenvalue weighted by Gasteiger charge is 2.29. The second-order valence-electron chi connectivity index (χ2n) is 7.67. The summed E-state index contributed by atoms with van der Waals surface area (Å²) in [5, 5.41) is 15.8. The summed E-state index contributed by atoms with van der Waals surface area (Å²) in [5.74, 6) is -0.328. The molecule has 33 heavy (non-hydrogen) atoms. The van der Waals surface area contributed by atoms with Crippen LogP contribution in [0.3, 0.4) is 0 Å². The third-order valence-electron chi connectivity index (χ3n) is 5.57. The smallest absolute Gasteiger partial charge is 0.271 e. The number of anilines is 1. The van der Waals surface area contributed by atoms with E-state index in [0.717, 1.165) is 26.5 Å². The van der Waals surface area contributed by atoms with E-state index in [1.807, 2.05) is 48.5 Å². The molecular formula is C26H18BrN3O3. The fraction of sp³-hybridized carbons (Fsp3) is 0.0385. The second kappa shape index (κ2) is 8.52. The molecule has 2 amide bonds. The number of halogens is 1. The number of rotatable bonds is 5. The normalized spacial score (nSPS) is 12.6. The van der Waals surface area contributed by atoms with E-state index >= 15 is 0 Å². The number of nitrogens with one attached hydrogen (secondary N) is 1. The maximum absolute atomic E-state index is 13.0. The second-order valence-corrected chi connectivity index (χ2v) is 8.59. The Morgan fingerprint density at radius 2 is 1.79 bits per heavy atom. The maximum Gasteiger partial charge on any atom is 0.271 e. The number of benzene rings is 4. The Kier molecular flexibility index (Phi) is 5.40. The average Bonchev–Trinajstić information content (AvgIpc) is 3.10. The molecule has 1 heterocycles. The molecule has 6 nitrogen and oxygen atoms in total. The number of amides is 2. The lowest BCUT2D eigenvalue weighted by molar-refractivity contribution is 0.0953. The Morgan fingerprint density at radius 1 is 1.03 bits per heavy atom. The van der Waals surface area contributed by atoms with E-state index in [0.29, 0.717) is 23.2 Å². The molecule has 0 saturated heterocycles. The highest BCUT2D eigenvalue weighted by Crippen LogP contribution is 2.37. The van der Waals surface area contributed by atoms with Gasteiger partial charge in [-0.1, -0.05) is 52.3 Å². The molecule has 0 aromatic heterocycles. The summed E-state index contributed by atoms with van der Waals surface area (Å²) in [6, 6.07) is 23.7. The minimum absolute atomic E-state index is 0.0197. The molecule has 0 radical (unpaired) electrons. The van der Waals surface area contributed by atoms with Crippen molar-refractivity contribution in [2.24, 2.45) is 5.10 Å². The molecule has 5 rings (SSSR count). The molecule has 1 aliphatic heterocycles. The highest BCUT2D eigenvalue weighted by molar-refractivity contribution is 9.10. The zero-order chi connectivity index (χ0) is 22.9. The average molecular weight is 500 g/mol. The van der Waals surface area contributed by atoms with Gasteiger partial charge in [0.05, 0.1) is 18.4 Å². The molecule has 1 aliphatic rings. The van der Waals surface area contributed by atoms with Gasteiger partial charge in [-0.2, -0.15) is 5.10 Å². The van der Waals surface area contributed by atoms with Crippen LogP contribution in [0.4, 0.5) is 5.69 Å². The van der Waals surface area contributed by atoms with Crippen molar-refractivity contribution in [3.63, 3.8) is 0 Å². The summed E-state index contributed by atoms with van der Waals surface area (Å²) < 4.78 is 0.791. The van der Waals surface area contributed by atoms with Crippen molar-refractivity contribution in [3.8, 4) is 5.75 Å². The quantitative estimate of drug-likeness (QED) is 0.291. The predicted molar refractivity (Wildman–Crippen MR) is 132 cm³/mol. The molecule has 0 bridgehead atoms. The molecule has 0 atom stereocenters. The van der Waals surface area contributed by atoms with Crippen molar-refractivity contribution in [3.05, 3.63) is 106 Å². The Labute approximate surface area is 198 Å². The van der Waals surface area contributed by atoms with Gasteiger partial charge in [-0.05, 0) is 53.4 Å². The Morgan fingerprint density at radius 3 is 2.58 bits per heavy atom. The third kappa shape index (κ3) is 3.99. The fourth-order valence-corrected chi connectivity index (χ4v) is 4.31. The SMILES string of the molecule is O=C(N/N=C/c1cc(Br)ccc1O)c1ccc(CN2C(=O)c3cccc4cccc2c34)cc1. The first-order chi connectivity index (χ1) is 16.0. The lowest BCUT2D eigenvalue weighted by Crippen LogP contribution is -2.26. The summed E-state index contributed by atoms with van der Waals surface area (Å²) in [7, 11) is 0. The summed E-state index contributed by atoms with van der Waals surface area (Å²) in [6.45, 7) is 0.412. The van der Waals surface area contributed by atoms with E-state index in [4.69, 9.17) is 0 Å². The van der Waals surface area contributed by atoms with Crippen LogP contribution < -0.4 is 10.3 Å². The standard InChI is InChI=1S/C26H18BrN3O3/c27-20-11-12-23(31)19(13-20)14-28-29-25(32)18-9-7-16(8-10-18)15-30-22-6-2-4-17-3-1-5-21(24(17)22)26(30)33/h1-14,31H,15H2,(H,29,32)/b28-14+. The van der Waals surface area contributed by atoms with E-state index in [-0.39, 0.29) is 17.6 Å². The third-order valence-corrected chi connectivity index (χ3v) is 6.06. The zero-order valence-corrected chi connectivity index (χ0v) is 18.9. The van der Waals surface area contributed by atoms with Crippen molar-refractivity contribution in [1.82, 2.24) is 5.43 Å². The molecule has 4 aromatic carbocycles. The molecule has 0 fully saturated rings. The van der Waals surface area contributed by atoms with Gasteiger partial charge >= 0.3 is 0 Å². The number of hydrogen-bond donors (Lipinski definition) is 2. The van der Waals surface area contributed by atoms with Crippen molar-refractivity contribution in [2.45, 2.75) is 6.54 Å². The van der Waals surface area contributed by atoms with Crippen LogP contribution in [0.5, 0.6) is 5.75 Å². The summed E-state index contributed by atoms with van der Waals surface area (Å²) in [4.78, 5) is 27.1. The van der Waals surface area contributed by atoms with E-state index < -0.39 is 0 Å². The maximum atomic E-state index is 13.0. The number of nitrogens with zero attached hydrogens (tertiary/aromatic N) is 2. The van der Waals surface area contributed by atoms with E-state index in [1.165, 1.54) is 12.3 Å². The highest BCUT2D eigenvalue weighted by atomic mass is 79.9. The van der Waals surface area contributed by atoms with Gasteiger partial charge in [0.1, 0.15) is 5.75 Å². The Bertz CT molecular complexity index is 1430. The lowest BCUT2D eigenvalue weighted by atomic mass is 10.1. The number of phenolic OH excluding ortho intramolecular Hbond substituents is 1. The number of aromatic hydroxyl groups is 1. The first kappa shape index (κ1) is 20.9. The van der Waals surface area contributed by atoms with Gasteiger partial charge < -0.3 is 10.0 Å².